The number of carbonyl (C=O) groups excluding carboxylic acids is 2. The van der Waals surface area contributed by atoms with Gasteiger partial charge in [0.15, 0.2) is 0 Å². The van der Waals surface area contributed by atoms with Crippen LogP contribution in [0.3, 0.4) is 0 Å². The Hall–Kier alpha value is -1.98. The molecule has 4 nitrogen and oxygen atoms in total. The van der Waals surface area contributed by atoms with Gasteiger partial charge in [0, 0.05) is 9.92 Å². The molecule has 1 N–H and O–H groups in total. The number of esters is 1. The molecule has 2 rings (SSSR count). The van der Waals surface area contributed by atoms with Crippen LogP contribution in [0, 0.1) is 6.92 Å². The minimum absolute atomic E-state index is 0.0942. The summed E-state index contributed by atoms with van der Waals surface area (Å²) in [6, 6.07) is 14.6. The second-order valence-electron chi connectivity index (χ2n) is 5.55. The van der Waals surface area contributed by atoms with Gasteiger partial charge in [0.1, 0.15) is 0 Å². The maximum absolute atomic E-state index is 12.3. The van der Waals surface area contributed by atoms with E-state index in [4.69, 9.17) is 16.3 Å². The number of hydrogen-bond donors (Lipinski definition) is 1. The zero-order valence-corrected chi connectivity index (χ0v) is 15.7. The lowest BCUT2D eigenvalue weighted by molar-refractivity contribution is -0.141. The van der Waals surface area contributed by atoms with E-state index < -0.39 is 6.04 Å². The Kier molecular flexibility index (Phi) is 7.34. The second kappa shape index (κ2) is 9.49. The first-order chi connectivity index (χ1) is 12.0. The van der Waals surface area contributed by atoms with E-state index in [9.17, 15) is 9.59 Å². The van der Waals surface area contributed by atoms with E-state index in [-0.39, 0.29) is 24.1 Å². The molecule has 1 atom stereocenters. The average Bonchev–Trinajstić information content (AvgIpc) is 2.61. The summed E-state index contributed by atoms with van der Waals surface area (Å²) in [5.74, 6) is -0.254. The standard InChI is InChI=1S/C19H20ClNO3S/c1-13-3-5-14(6-4-13)17(11-19(23)24-2)21-18(22)12-25-16-9-7-15(20)8-10-16/h3-10,17H,11-12H2,1-2H3,(H,21,22). The smallest absolute Gasteiger partial charge is 0.307 e. The average molecular weight is 378 g/mol. The first-order valence-electron chi connectivity index (χ1n) is 7.79. The van der Waals surface area contributed by atoms with Gasteiger partial charge < -0.3 is 10.1 Å². The van der Waals surface area contributed by atoms with Gasteiger partial charge in [-0.2, -0.15) is 0 Å². The van der Waals surface area contributed by atoms with Crippen molar-refractivity contribution in [1.29, 1.82) is 0 Å². The first kappa shape index (κ1) is 19.3. The Morgan fingerprint density at radius 2 is 1.76 bits per heavy atom. The monoisotopic (exact) mass is 377 g/mol. The van der Waals surface area contributed by atoms with Crippen molar-refractivity contribution in [2.75, 3.05) is 12.9 Å². The number of thioether (sulfide) groups is 1. The number of benzene rings is 2. The van der Waals surface area contributed by atoms with Crippen molar-refractivity contribution in [3.8, 4) is 0 Å². The van der Waals surface area contributed by atoms with E-state index in [1.807, 2.05) is 43.3 Å². The molecule has 132 valence electrons. The lowest BCUT2D eigenvalue weighted by atomic mass is 10.0. The van der Waals surface area contributed by atoms with Crippen molar-refractivity contribution in [1.82, 2.24) is 5.32 Å². The summed E-state index contributed by atoms with van der Waals surface area (Å²) in [5, 5.41) is 3.57. The maximum Gasteiger partial charge on any atom is 0.307 e. The molecule has 6 heteroatoms. The summed E-state index contributed by atoms with van der Waals surface area (Å²) in [4.78, 5) is 24.9. The van der Waals surface area contributed by atoms with Crippen molar-refractivity contribution >= 4 is 35.2 Å². The van der Waals surface area contributed by atoms with E-state index in [0.717, 1.165) is 16.0 Å². The largest absolute Gasteiger partial charge is 0.469 e. The summed E-state index contributed by atoms with van der Waals surface area (Å²) < 4.78 is 4.74. The molecule has 0 aromatic heterocycles. The van der Waals surface area contributed by atoms with Crippen molar-refractivity contribution in [3.05, 3.63) is 64.7 Å². The molecule has 0 fully saturated rings. The molecule has 25 heavy (non-hydrogen) atoms. The maximum atomic E-state index is 12.3. The molecule has 0 bridgehead atoms. The van der Waals surface area contributed by atoms with E-state index in [0.29, 0.717) is 5.02 Å². The van der Waals surface area contributed by atoms with Crippen LogP contribution >= 0.6 is 23.4 Å². The van der Waals surface area contributed by atoms with Crippen molar-refractivity contribution in [2.24, 2.45) is 0 Å². The minimum atomic E-state index is -0.411. The molecule has 0 aliphatic rings. The van der Waals surface area contributed by atoms with Crippen LogP contribution in [0.1, 0.15) is 23.6 Å². The fraction of sp³-hybridized carbons (Fsp3) is 0.263. The molecule has 0 heterocycles. The number of hydrogen-bond acceptors (Lipinski definition) is 4. The quantitative estimate of drug-likeness (QED) is 0.581. The number of amides is 1. The van der Waals surface area contributed by atoms with Crippen molar-refractivity contribution in [2.45, 2.75) is 24.3 Å². The lowest BCUT2D eigenvalue weighted by Gasteiger charge is -2.18. The van der Waals surface area contributed by atoms with E-state index in [2.05, 4.69) is 5.32 Å². The fourth-order valence-electron chi connectivity index (χ4n) is 2.22. The Labute approximate surface area is 156 Å². The summed E-state index contributed by atoms with van der Waals surface area (Å²) in [6.07, 6.45) is 0.0942. The Balaban J connectivity index is 1.99. The highest BCUT2D eigenvalue weighted by Crippen LogP contribution is 2.22. The molecule has 0 aliphatic heterocycles. The normalized spacial score (nSPS) is 11.6. The zero-order chi connectivity index (χ0) is 18.2. The van der Waals surface area contributed by atoms with Gasteiger partial charge >= 0.3 is 5.97 Å². The Morgan fingerprint density at radius 1 is 1.12 bits per heavy atom. The summed E-state index contributed by atoms with van der Waals surface area (Å²) >= 11 is 7.27. The molecular formula is C19H20ClNO3S. The number of carbonyl (C=O) groups is 2. The Morgan fingerprint density at radius 3 is 2.36 bits per heavy atom. The topological polar surface area (TPSA) is 55.4 Å². The summed E-state index contributed by atoms with van der Waals surface area (Å²) in [7, 11) is 1.34. The number of aryl methyl sites for hydroxylation is 1. The number of rotatable bonds is 7. The van der Waals surface area contributed by atoms with Gasteiger partial charge in [-0.1, -0.05) is 41.4 Å². The predicted molar refractivity (Wildman–Crippen MR) is 101 cm³/mol. The van der Waals surface area contributed by atoms with Crippen molar-refractivity contribution < 1.29 is 14.3 Å². The molecule has 1 unspecified atom stereocenters. The third-order valence-corrected chi connectivity index (χ3v) is 4.86. The van der Waals surface area contributed by atoms with Gasteiger partial charge in [-0.05, 0) is 36.8 Å². The molecule has 1 amide bonds. The predicted octanol–water partition coefficient (Wildman–Crippen LogP) is 4.16. The van der Waals surface area contributed by atoms with Gasteiger partial charge in [0.05, 0.1) is 25.3 Å². The molecule has 0 aliphatic carbocycles. The molecule has 0 saturated carbocycles. The van der Waals surface area contributed by atoms with E-state index in [1.54, 1.807) is 12.1 Å². The molecule has 0 saturated heterocycles. The SMILES string of the molecule is COC(=O)CC(NC(=O)CSc1ccc(Cl)cc1)c1ccc(C)cc1. The van der Waals surface area contributed by atoms with Gasteiger partial charge in [0.2, 0.25) is 5.91 Å². The lowest BCUT2D eigenvalue weighted by Crippen LogP contribution is -2.31. The Bertz CT molecular complexity index is 716. The van der Waals surface area contributed by atoms with Crippen LogP contribution in [0.2, 0.25) is 5.02 Å². The van der Waals surface area contributed by atoms with Crippen LogP contribution < -0.4 is 5.32 Å². The highest BCUT2D eigenvalue weighted by molar-refractivity contribution is 8.00. The van der Waals surface area contributed by atoms with Gasteiger partial charge in [-0.3, -0.25) is 9.59 Å². The third kappa shape index (κ3) is 6.44. The number of halogens is 1. The van der Waals surface area contributed by atoms with E-state index in [1.165, 1.54) is 18.9 Å². The molecule has 2 aromatic rings. The van der Waals surface area contributed by atoms with Crippen LogP contribution in [-0.2, 0) is 14.3 Å². The highest BCUT2D eigenvalue weighted by Gasteiger charge is 2.19. The number of nitrogens with one attached hydrogen (secondary N) is 1. The first-order valence-corrected chi connectivity index (χ1v) is 9.15. The van der Waals surface area contributed by atoms with Crippen LogP contribution in [0.25, 0.3) is 0 Å². The number of methoxy groups -OCH3 is 1. The van der Waals surface area contributed by atoms with Crippen LogP contribution in [0.4, 0.5) is 0 Å². The minimum Gasteiger partial charge on any atom is -0.469 e. The van der Waals surface area contributed by atoms with Gasteiger partial charge in [-0.25, -0.2) is 0 Å². The van der Waals surface area contributed by atoms with Crippen molar-refractivity contribution in [3.63, 3.8) is 0 Å². The molecule has 0 radical (unpaired) electrons. The van der Waals surface area contributed by atoms with Crippen LogP contribution in [0.15, 0.2) is 53.4 Å². The molecule has 0 spiro atoms. The second-order valence-corrected chi connectivity index (χ2v) is 7.04. The summed E-state index contributed by atoms with van der Waals surface area (Å²) in [6.45, 7) is 1.99. The van der Waals surface area contributed by atoms with Gasteiger partial charge in [-0.15, -0.1) is 11.8 Å². The molecular weight excluding hydrogens is 358 g/mol. The van der Waals surface area contributed by atoms with Crippen LogP contribution in [0.5, 0.6) is 0 Å². The zero-order valence-electron chi connectivity index (χ0n) is 14.1. The fourth-order valence-corrected chi connectivity index (χ4v) is 3.05. The van der Waals surface area contributed by atoms with Gasteiger partial charge in [0.25, 0.3) is 0 Å². The van der Waals surface area contributed by atoms with Crippen LogP contribution in [-0.4, -0.2) is 24.7 Å². The molecule has 2 aromatic carbocycles. The third-order valence-electron chi connectivity index (χ3n) is 3.60. The summed E-state index contributed by atoms with van der Waals surface area (Å²) in [5.41, 5.74) is 1.99. The van der Waals surface area contributed by atoms with E-state index >= 15 is 0 Å². The highest BCUT2D eigenvalue weighted by atomic mass is 35.5. The number of ether oxygens (including phenoxy) is 1.